The van der Waals surface area contributed by atoms with Crippen LogP contribution in [0.3, 0.4) is 0 Å². The van der Waals surface area contributed by atoms with Gasteiger partial charge in [0.25, 0.3) is 0 Å². The smallest absolute Gasteiger partial charge is 0.227 e. The van der Waals surface area contributed by atoms with E-state index in [9.17, 15) is 0 Å². The zero-order valence-electron chi connectivity index (χ0n) is 32.0. The second-order valence-corrected chi connectivity index (χ2v) is 14.8. The molecule has 11 aromatic rings. The van der Waals surface area contributed by atoms with E-state index >= 15 is 0 Å². The molecule has 278 valence electrons. The molecular weight excluding hydrogens is 721 g/mol. The summed E-state index contributed by atoms with van der Waals surface area (Å²) in [5, 5.41) is 1.96. The molecule has 0 aliphatic carbocycles. The zero-order valence-corrected chi connectivity index (χ0v) is 32.0. The summed E-state index contributed by atoms with van der Waals surface area (Å²) in [7, 11) is 0. The van der Waals surface area contributed by atoms with Gasteiger partial charge in [-0.25, -0.2) is 4.98 Å². The zero-order chi connectivity index (χ0) is 39.1. The summed E-state index contributed by atoms with van der Waals surface area (Å²) in [6, 6.07) is 76.6. The van der Waals surface area contributed by atoms with E-state index in [0.717, 1.165) is 72.3 Å². The van der Waals surface area contributed by atoms with E-state index in [4.69, 9.17) is 13.8 Å². The van der Waals surface area contributed by atoms with Crippen molar-refractivity contribution in [3.8, 4) is 56.0 Å². The monoisotopic (exact) mass is 756 g/mol. The normalized spacial score (nSPS) is 11.4. The molecule has 0 aliphatic heterocycles. The van der Waals surface area contributed by atoms with Gasteiger partial charge >= 0.3 is 0 Å². The van der Waals surface area contributed by atoms with Gasteiger partial charge in [0, 0.05) is 28.4 Å². The third-order valence-electron chi connectivity index (χ3n) is 11.1. The van der Waals surface area contributed by atoms with E-state index in [1.807, 2.05) is 42.5 Å². The molecule has 4 heteroatoms. The third kappa shape index (κ3) is 6.43. The van der Waals surface area contributed by atoms with Crippen LogP contribution in [-0.2, 0) is 0 Å². The van der Waals surface area contributed by atoms with Gasteiger partial charge < -0.3 is 13.7 Å². The molecule has 0 spiro atoms. The first kappa shape index (κ1) is 34.3. The minimum Gasteiger partial charge on any atom is -0.456 e. The second kappa shape index (κ2) is 14.5. The van der Waals surface area contributed by atoms with Crippen molar-refractivity contribution in [1.82, 2.24) is 4.98 Å². The van der Waals surface area contributed by atoms with Crippen LogP contribution in [0.4, 0.5) is 17.1 Å². The van der Waals surface area contributed by atoms with Gasteiger partial charge in [-0.15, -0.1) is 0 Å². The van der Waals surface area contributed by atoms with Crippen LogP contribution in [0.2, 0.25) is 0 Å². The van der Waals surface area contributed by atoms with Gasteiger partial charge in [-0.05, 0) is 99.1 Å². The molecule has 0 saturated heterocycles. The molecule has 0 bridgehead atoms. The summed E-state index contributed by atoms with van der Waals surface area (Å²) >= 11 is 0. The van der Waals surface area contributed by atoms with E-state index in [-0.39, 0.29) is 0 Å². The Kier molecular flexibility index (Phi) is 8.45. The summed E-state index contributed by atoms with van der Waals surface area (Å²) in [5.74, 6) is 0.586. The Morgan fingerprint density at radius 1 is 0.322 bits per heavy atom. The van der Waals surface area contributed by atoms with Gasteiger partial charge in [-0.3, -0.25) is 0 Å². The van der Waals surface area contributed by atoms with E-state index in [2.05, 4.69) is 181 Å². The van der Waals surface area contributed by atoms with Crippen LogP contribution >= 0.6 is 0 Å². The highest BCUT2D eigenvalue weighted by atomic mass is 16.4. The summed E-state index contributed by atoms with van der Waals surface area (Å²) < 4.78 is 13.0. The average molecular weight is 757 g/mol. The first-order chi connectivity index (χ1) is 29.2. The summed E-state index contributed by atoms with van der Waals surface area (Å²) in [5.41, 5.74) is 16.4. The molecule has 59 heavy (non-hydrogen) atoms. The van der Waals surface area contributed by atoms with Gasteiger partial charge in [0.1, 0.15) is 16.7 Å². The van der Waals surface area contributed by atoms with Crippen molar-refractivity contribution >= 4 is 50.1 Å². The molecule has 0 unspecified atom stereocenters. The maximum absolute atomic E-state index is 6.59. The van der Waals surface area contributed by atoms with Crippen molar-refractivity contribution < 1.29 is 8.83 Å². The Morgan fingerprint density at radius 3 is 1.41 bits per heavy atom. The standard InChI is InChI=1S/C55H36N2O2/c1-4-12-37(13-5-1)39-22-24-41(25-23-39)42-30-32-46(33-31-42)57(47-19-10-18-45(34-47)43-28-26-40(27-29-43)38-14-6-2-7-15-38)50-20-11-21-51-54(50)48-35-53-49(36-52(48)58-51)56-55(59-53)44-16-8-3-9-17-44/h1-36H. The van der Waals surface area contributed by atoms with E-state index in [1.54, 1.807) is 0 Å². The molecule has 0 atom stereocenters. The second-order valence-electron chi connectivity index (χ2n) is 14.8. The number of oxazole rings is 1. The van der Waals surface area contributed by atoms with Gasteiger partial charge in [0.2, 0.25) is 5.89 Å². The lowest BCUT2D eigenvalue weighted by Crippen LogP contribution is -2.10. The first-order valence-electron chi connectivity index (χ1n) is 19.9. The topological polar surface area (TPSA) is 42.4 Å². The van der Waals surface area contributed by atoms with Crippen molar-refractivity contribution in [2.75, 3.05) is 4.90 Å². The van der Waals surface area contributed by atoms with Crippen molar-refractivity contribution in [1.29, 1.82) is 0 Å². The minimum absolute atomic E-state index is 0.586. The fourth-order valence-corrected chi connectivity index (χ4v) is 8.15. The summed E-state index contributed by atoms with van der Waals surface area (Å²) in [4.78, 5) is 7.17. The SMILES string of the molecule is c1ccc(-c2ccc(-c3ccc(N(c4cccc(-c5ccc(-c6ccccc6)cc5)c4)c4cccc5oc6cc7nc(-c8ccccc8)oc7cc6c45)cc3)cc2)cc1. The van der Waals surface area contributed by atoms with E-state index in [0.29, 0.717) is 11.5 Å². The van der Waals surface area contributed by atoms with Crippen molar-refractivity contribution in [3.63, 3.8) is 0 Å². The number of anilines is 3. The highest BCUT2D eigenvalue weighted by Crippen LogP contribution is 2.45. The first-order valence-corrected chi connectivity index (χ1v) is 19.9. The van der Waals surface area contributed by atoms with Gasteiger partial charge in [0.15, 0.2) is 5.58 Å². The Labute approximate surface area is 341 Å². The molecule has 11 rings (SSSR count). The van der Waals surface area contributed by atoms with Gasteiger partial charge in [-0.2, -0.15) is 0 Å². The van der Waals surface area contributed by atoms with Crippen molar-refractivity contribution in [3.05, 3.63) is 218 Å². The fraction of sp³-hybridized carbons (Fsp3) is 0. The molecule has 0 fully saturated rings. The van der Waals surface area contributed by atoms with Crippen LogP contribution in [0, 0.1) is 0 Å². The lowest BCUT2D eigenvalue weighted by atomic mass is 9.99. The van der Waals surface area contributed by atoms with Gasteiger partial charge in [0.05, 0.1) is 11.1 Å². The fourth-order valence-electron chi connectivity index (χ4n) is 8.15. The number of rotatable bonds is 8. The quantitative estimate of drug-likeness (QED) is 0.155. The van der Waals surface area contributed by atoms with Crippen LogP contribution in [0.25, 0.3) is 89.0 Å². The molecular formula is C55H36N2O2. The van der Waals surface area contributed by atoms with Crippen LogP contribution in [0.5, 0.6) is 0 Å². The highest BCUT2D eigenvalue weighted by Gasteiger charge is 2.22. The molecule has 0 aliphatic rings. The van der Waals surface area contributed by atoms with Crippen molar-refractivity contribution in [2.24, 2.45) is 0 Å². The maximum atomic E-state index is 6.59. The highest BCUT2D eigenvalue weighted by molar-refractivity contribution is 6.15. The van der Waals surface area contributed by atoms with Gasteiger partial charge in [-0.1, -0.05) is 158 Å². The van der Waals surface area contributed by atoms with Crippen molar-refractivity contribution in [2.45, 2.75) is 0 Å². The Balaban J connectivity index is 1.03. The van der Waals surface area contributed by atoms with E-state index < -0.39 is 0 Å². The number of hydrogen-bond donors (Lipinski definition) is 0. The lowest BCUT2D eigenvalue weighted by Gasteiger charge is -2.27. The molecule has 0 saturated carbocycles. The van der Waals surface area contributed by atoms with Crippen LogP contribution in [0.15, 0.2) is 227 Å². The Bertz CT molecular complexity index is 3220. The number of hydrogen-bond acceptors (Lipinski definition) is 4. The summed E-state index contributed by atoms with van der Waals surface area (Å²) in [6.07, 6.45) is 0. The molecule has 2 heterocycles. The molecule has 9 aromatic carbocycles. The molecule has 4 nitrogen and oxygen atoms in total. The molecule has 0 amide bonds. The predicted molar refractivity (Wildman–Crippen MR) is 243 cm³/mol. The summed E-state index contributed by atoms with van der Waals surface area (Å²) in [6.45, 7) is 0. The molecule has 0 N–H and O–H groups in total. The van der Waals surface area contributed by atoms with Crippen LogP contribution < -0.4 is 4.90 Å². The molecule has 0 radical (unpaired) electrons. The minimum atomic E-state index is 0.586. The lowest BCUT2D eigenvalue weighted by molar-refractivity contribution is 0.620. The largest absolute Gasteiger partial charge is 0.456 e. The predicted octanol–water partition coefficient (Wildman–Crippen LogP) is 15.5. The third-order valence-corrected chi connectivity index (χ3v) is 11.1. The van der Waals surface area contributed by atoms with Crippen LogP contribution in [0.1, 0.15) is 0 Å². The number of fused-ring (bicyclic) bond motifs is 4. The number of nitrogens with zero attached hydrogens (tertiary/aromatic N) is 2. The average Bonchev–Trinajstić information content (AvgIpc) is 3.91. The Morgan fingerprint density at radius 2 is 0.814 bits per heavy atom. The Hall–Kier alpha value is -7.95. The number of benzene rings is 9. The molecule has 2 aromatic heterocycles. The number of furan rings is 1. The number of aromatic nitrogens is 1. The van der Waals surface area contributed by atoms with E-state index in [1.165, 1.54) is 22.3 Å². The van der Waals surface area contributed by atoms with Crippen LogP contribution in [-0.4, -0.2) is 4.98 Å². The maximum Gasteiger partial charge on any atom is 0.227 e.